The van der Waals surface area contributed by atoms with Crippen molar-refractivity contribution < 1.29 is 14.6 Å². The van der Waals surface area contributed by atoms with Crippen molar-refractivity contribution in [3.8, 4) is 17.3 Å². The number of ether oxygens (including phenoxy) is 2. The van der Waals surface area contributed by atoms with Crippen molar-refractivity contribution in [1.29, 1.82) is 0 Å². The third-order valence-corrected chi connectivity index (χ3v) is 5.15. The summed E-state index contributed by atoms with van der Waals surface area (Å²) in [6, 6.07) is 20.0. The van der Waals surface area contributed by atoms with Crippen molar-refractivity contribution in [2.24, 2.45) is 0 Å². The number of rotatable bonds is 11. The molecule has 2 aromatic carbocycles. The first-order chi connectivity index (χ1) is 15.0. The van der Waals surface area contributed by atoms with E-state index in [0.717, 1.165) is 22.7 Å². The standard InChI is InChI=1S/C25H33N3O3/c1-5-30-18-22(29)16-27(19(2)3)17-24-20(4)26-28(21-12-8-6-9-13-21)25(24)31-23-14-10-7-11-15-23/h6-15,19,22,29H,5,16-18H2,1-4H3. The normalized spacial score (nSPS) is 12.5. The van der Waals surface area contributed by atoms with E-state index in [1.165, 1.54) is 0 Å². The minimum absolute atomic E-state index is 0.236. The van der Waals surface area contributed by atoms with Crippen molar-refractivity contribution in [3.63, 3.8) is 0 Å². The lowest BCUT2D eigenvalue weighted by molar-refractivity contribution is 0.0131. The van der Waals surface area contributed by atoms with Crippen LogP contribution in [0.2, 0.25) is 0 Å². The molecule has 6 nitrogen and oxygen atoms in total. The fourth-order valence-electron chi connectivity index (χ4n) is 3.41. The van der Waals surface area contributed by atoms with Gasteiger partial charge in [-0.3, -0.25) is 4.90 Å². The lowest BCUT2D eigenvalue weighted by Crippen LogP contribution is -2.39. The van der Waals surface area contributed by atoms with Crippen LogP contribution < -0.4 is 4.74 Å². The Labute approximate surface area is 185 Å². The molecule has 3 aromatic rings. The number of nitrogens with zero attached hydrogens (tertiary/aromatic N) is 3. The Morgan fingerprint density at radius 3 is 2.29 bits per heavy atom. The number of benzene rings is 2. The van der Waals surface area contributed by atoms with Crippen LogP contribution in [0.5, 0.6) is 11.6 Å². The summed E-state index contributed by atoms with van der Waals surface area (Å²) in [5.74, 6) is 1.45. The quantitative estimate of drug-likeness (QED) is 0.489. The van der Waals surface area contributed by atoms with Crippen LogP contribution in [-0.2, 0) is 11.3 Å². The number of hydrogen-bond donors (Lipinski definition) is 1. The molecule has 1 N–H and O–H groups in total. The molecule has 0 aliphatic carbocycles. The fourth-order valence-corrected chi connectivity index (χ4v) is 3.41. The number of aliphatic hydroxyl groups excluding tert-OH is 1. The third kappa shape index (κ3) is 6.17. The summed E-state index contributed by atoms with van der Waals surface area (Å²) in [4.78, 5) is 2.22. The summed E-state index contributed by atoms with van der Waals surface area (Å²) < 4.78 is 13.6. The second-order valence-corrected chi connectivity index (χ2v) is 7.87. The Balaban J connectivity index is 1.95. The smallest absolute Gasteiger partial charge is 0.227 e. The Kier molecular flexibility index (Phi) is 8.23. The Hall–Kier alpha value is -2.67. The van der Waals surface area contributed by atoms with Crippen molar-refractivity contribution in [2.75, 3.05) is 19.8 Å². The van der Waals surface area contributed by atoms with Crippen LogP contribution in [0.25, 0.3) is 5.69 Å². The first kappa shape index (κ1) is 23.0. The zero-order valence-electron chi connectivity index (χ0n) is 18.9. The predicted octanol–water partition coefficient (Wildman–Crippen LogP) is 4.58. The Morgan fingerprint density at radius 2 is 1.68 bits per heavy atom. The van der Waals surface area contributed by atoms with Gasteiger partial charge in [0.2, 0.25) is 5.88 Å². The van der Waals surface area contributed by atoms with Gasteiger partial charge >= 0.3 is 0 Å². The van der Waals surface area contributed by atoms with Gasteiger partial charge in [-0.1, -0.05) is 36.4 Å². The van der Waals surface area contributed by atoms with Crippen molar-refractivity contribution in [3.05, 3.63) is 71.9 Å². The largest absolute Gasteiger partial charge is 0.439 e. The van der Waals surface area contributed by atoms with E-state index in [1.807, 2.05) is 79.2 Å². The van der Waals surface area contributed by atoms with Crippen molar-refractivity contribution >= 4 is 0 Å². The zero-order valence-corrected chi connectivity index (χ0v) is 18.9. The summed E-state index contributed by atoms with van der Waals surface area (Å²) in [7, 11) is 0. The molecule has 1 atom stereocenters. The predicted molar refractivity (Wildman–Crippen MR) is 123 cm³/mol. The van der Waals surface area contributed by atoms with E-state index < -0.39 is 6.10 Å². The summed E-state index contributed by atoms with van der Waals surface area (Å²) >= 11 is 0. The molecular formula is C25H33N3O3. The van der Waals surface area contributed by atoms with Gasteiger partial charge in [-0.05, 0) is 52.0 Å². The van der Waals surface area contributed by atoms with Gasteiger partial charge in [0.05, 0.1) is 29.7 Å². The van der Waals surface area contributed by atoms with Crippen molar-refractivity contribution in [1.82, 2.24) is 14.7 Å². The number of aryl methyl sites for hydroxylation is 1. The maximum absolute atomic E-state index is 10.4. The van der Waals surface area contributed by atoms with Gasteiger partial charge in [0, 0.05) is 25.7 Å². The minimum atomic E-state index is -0.551. The van der Waals surface area contributed by atoms with E-state index in [2.05, 4.69) is 18.7 Å². The van der Waals surface area contributed by atoms with E-state index in [9.17, 15) is 5.11 Å². The van der Waals surface area contributed by atoms with Crippen LogP contribution in [0.3, 0.4) is 0 Å². The molecule has 6 heteroatoms. The summed E-state index contributed by atoms with van der Waals surface area (Å²) in [5.41, 5.74) is 2.85. The van der Waals surface area contributed by atoms with E-state index in [1.54, 1.807) is 0 Å². The molecule has 0 aliphatic rings. The number of para-hydroxylation sites is 2. The summed E-state index contributed by atoms with van der Waals surface area (Å²) in [5, 5.41) is 15.2. The summed E-state index contributed by atoms with van der Waals surface area (Å²) in [6.45, 7) is 10.2. The molecule has 1 heterocycles. The Morgan fingerprint density at radius 1 is 1.03 bits per heavy atom. The molecule has 0 fully saturated rings. The second-order valence-electron chi connectivity index (χ2n) is 7.87. The molecule has 1 unspecified atom stereocenters. The highest BCUT2D eigenvalue weighted by molar-refractivity contribution is 5.43. The molecular weight excluding hydrogens is 390 g/mol. The topological polar surface area (TPSA) is 59.8 Å². The molecule has 0 saturated heterocycles. The lowest BCUT2D eigenvalue weighted by Gasteiger charge is -2.29. The van der Waals surface area contributed by atoms with Gasteiger partial charge in [0.1, 0.15) is 5.75 Å². The molecule has 1 aromatic heterocycles. The highest BCUT2D eigenvalue weighted by atomic mass is 16.5. The zero-order chi connectivity index (χ0) is 22.2. The van der Waals surface area contributed by atoms with Gasteiger partial charge in [0.15, 0.2) is 0 Å². The third-order valence-electron chi connectivity index (χ3n) is 5.15. The van der Waals surface area contributed by atoms with Crippen LogP contribution in [0.4, 0.5) is 0 Å². The lowest BCUT2D eigenvalue weighted by atomic mass is 10.2. The molecule has 31 heavy (non-hydrogen) atoms. The van der Waals surface area contributed by atoms with Crippen molar-refractivity contribution in [2.45, 2.75) is 46.4 Å². The van der Waals surface area contributed by atoms with Crippen LogP contribution in [-0.4, -0.2) is 51.7 Å². The van der Waals surface area contributed by atoms with Crippen LogP contribution in [0.15, 0.2) is 60.7 Å². The Bertz CT molecular complexity index is 926. The molecule has 166 valence electrons. The van der Waals surface area contributed by atoms with Gasteiger partial charge in [-0.15, -0.1) is 0 Å². The molecule has 0 spiro atoms. The molecule has 3 rings (SSSR count). The molecule has 0 saturated carbocycles. The highest BCUT2D eigenvalue weighted by Gasteiger charge is 2.23. The average molecular weight is 424 g/mol. The first-order valence-electron chi connectivity index (χ1n) is 10.9. The second kappa shape index (κ2) is 11.1. The van der Waals surface area contributed by atoms with Crippen LogP contribution in [0, 0.1) is 6.92 Å². The van der Waals surface area contributed by atoms with E-state index in [4.69, 9.17) is 14.6 Å². The molecule has 0 amide bonds. The fraction of sp³-hybridized carbons (Fsp3) is 0.400. The first-order valence-corrected chi connectivity index (χ1v) is 10.9. The van der Waals surface area contributed by atoms with Gasteiger partial charge < -0.3 is 14.6 Å². The highest BCUT2D eigenvalue weighted by Crippen LogP contribution is 2.32. The van der Waals surface area contributed by atoms with Gasteiger partial charge in [-0.25, -0.2) is 4.68 Å². The number of hydrogen-bond acceptors (Lipinski definition) is 5. The monoisotopic (exact) mass is 423 g/mol. The van der Waals surface area contributed by atoms with E-state index >= 15 is 0 Å². The minimum Gasteiger partial charge on any atom is -0.439 e. The number of aromatic nitrogens is 2. The number of aliphatic hydroxyl groups is 1. The van der Waals surface area contributed by atoms with Gasteiger partial charge in [0.25, 0.3) is 0 Å². The average Bonchev–Trinajstić information content (AvgIpc) is 3.08. The van der Waals surface area contributed by atoms with E-state index in [-0.39, 0.29) is 6.04 Å². The SMILES string of the molecule is CCOCC(O)CN(Cc1c(C)nn(-c2ccccc2)c1Oc1ccccc1)C(C)C. The molecule has 0 bridgehead atoms. The maximum atomic E-state index is 10.4. The van der Waals surface area contributed by atoms with E-state index in [0.29, 0.717) is 32.2 Å². The maximum Gasteiger partial charge on any atom is 0.227 e. The molecule has 0 radical (unpaired) electrons. The summed E-state index contributed by atoms with van der Waals surface area (Å²) in [6.07, 6.45) is -0.551. The van der Waals surface area contributed by atoms with Crippen LogP contribution >= 0.6 is 0 Å². The molecule has 0 aliphatic heterocycles. The van der Waals surface area contributed by atoms with Crippen LogP contribution in [0.1, 0.15) is 32.0 Å². The van der Waals surface area contributed by atoms with Gasteiger partial charge in [-0.2, -0.15) is 5.10 Å².